The number of nitrogens with one attached hydrogen (secondary N) is 2. The van der Waals surface area contributed by atoms with Gasteiger partial charge in [-0.15, -0.1) is 0 Å². The van der Waals surface area contributed by atoms with Gasteiger partial charge in [-0.05, 0) is 42.8 Å². The Morgan fingerprint density at radius 3 is 2.41 bits per heavy atom. The first-order valence-electron chi connectivity index (χ1n) is 8.73. The highest BCUT2D eigenvalue weighted by molar-refractivity contribution is 5.93. The van der Waals surface area contributed by atoms with Gasteiger partial charge in [0.25, 0.3) is 0 Å². The number of anilines is 1. The van der Waals surface area contributed by atoms with Crippen molar-refractivity contribution in [1.82, 2.24) is 5.43 Å². The molecule has 2 aromatic carbocycles. The fourth-order valence-corrected chi connectivity index (χ4v) is 2.18. The summed E-state index contributed by atoms with van der Waals surface area (Å²) in [4.78, 5) is 23.6. The van der Waals surface area contributed by atoms with Crippen LogP contribution in [-0.4, -0.2) is 24.6 Å². The molecule has 6 heteroatoms. The van der Waals surface area contributed by atoms with E-state index >= 15 is 0 Å². The van der Waals surface area contributed by atoms with Gasteiger partial charge in [-0.3, -0.25) is 9.59 Å². The largest absolute Gasteiger partial charge is 0.494 e. The number of nitrogens with zero attached hydrogens (tertiary/aromatic N) is 1. The maximum Gasteiger partial charge on any atom is 0.240 e. The summed E-state index contributed by atoms with van der Waals surface area (Å²) >= 11 is 0. The number of hydrogen-bond donors (Lipinski definition) is 2. The Morgan fingerprint density at radius 2 is 1.70 bits per heavy atom. The first kappa shape index (κ1) is 19.9. The lowest BCUT2D eigenvalue weighted by molar-refractivity contribution is -0.124. The standard InChI is InChI=1S/C21H23N3O3/c1-2-27-19-12-10-18(11-13-19)23-20(25)14-15-21(26)24-22-16-6-9-17-7-4-3-5-8-17/h3-13,16H,2,14-15H2,1H3,(H,23,25)(H,24,26)/b9-6+,22-16+. The van der Waals surface area contributed by atoms with E-state index in [4.69, 9.17) is 4.74 Å². The van der Waals surface area contributed by atoms with Crippen molar-refractivity contribution in [3.8, 4) is 5.75 Å². The van der Waals surface area contributed by atoms with Crippen molar-refractivity contribution in [2.75, 3.05) is 11.9 Å². The number of carbonyl (C=O) groups excluding carboxylic acids is 2. The molecule has 0 aliphatic carbocycles. The topological polar surface area (TPSA) is 79.8 Å². The second-order valence-electron chi connectivity index (χ2n) is 5.59. The lowest BCUT2D eigenvalue weighted by atomic mass is 10.2. The molecule has 2 aromatic rings. The van der Waals surface area contributed by atoms with E-state index in [2.05, 4.69) is 15.8 Å². The molecular formula is C21H23N3O3. The summed E-state index contributed by atoms with van der Waals surface area (Å²) in [7, 11) is 0. The van der Waals surface area contributed by atoms with E-state index in [0.717, 1.165) is 11.3 Å². The predicted octanol–water partition coefficient (Wildman–Crippen LogP) is 3.62. The molecule has 2 rings (SSSR count). The maximum atomic E-state index is 11.9. The van der Waals surface area contributed by atoms with Crippen molar-refractivity contribution < 1.29 is 14.3 Å². The van der Waals surface area contributed by atoms with E-state index in [-0.39, 0.29) is 24.7 Å². The molecule has 0 fully saturated rings. The molecule has 27 heavy (non-hydrogen) atoms. The van der Waals surface area contributed by atoms with Crippen LogP contribution in [0.15, 0.2) is 65.8 Å². The third-order valence-corrected chi connectivity index (χ3v) is 3.47. The van der Waals surface area contributed by atoms with Gasteiger partial charge in [0.2, 0.25) is 11.8 Å². The summed E-state index contributed by atoms with van der Waals surface area (Å²) in [6, 6.07) is 16.8. The van der Waals surface area contributed by atoms with Gasteiger partial charge in [0.15, 0.2) is 0 Å². The molecule has 6 nitrogen and oxygen atoms in total. The van der Waals surface area contributed by atoms with Crippen LogP contribution in [0.4, 0.5) is 5.69 Å². The van der Waals surface area contributed by atoms with E-state index in [1.807, 2.05) is 43.3 Å². The van der Waals surface area contributed by atoms with Crippen molar-refractivity contribution >= 4 is 29.8 Å². The van der Waals surface area contributed by atoms with Gasteiger partial charge >= 0.3 is 0 Å². The quantitative estimate of drug-likeness (QED) is 0.526. The number of hydrazone groups is 1. The number of allylic oxidation sites excluding steroid dienone is 1. The minimum absolute atomic E-state index is 0.0581. The number of hydrogen-bond acceptors (Lipinski definition) is 4. The monoisotopic (exact) mass is 365 g/mol. The number of rotatable bonds is 9. The summed E-state index contributed by atoms with van der Waals surface area (Å²) in [6.07, 6.45) is 5.23. The number of ether oxygens (including phenoxy) is 1. The van der Waals surface area contributed by atoms with Gasteiger partial charge in [0.05, 0.1) is 6.61 Å². The zero-order valence-electron chi connectivity index (χ0n) is 15.2. The van der Waals surface area contributed by atoms with E-state index in [1.54, 1.807) is 30.3 Å². The Bertz CT molecular complexity index is 784. The van der Waals surface area contributed by atoms with Gasteiger partial charge in [0.1, 0.15) is 5.75 Å². The van der Waals surface area contributed by atoms with Crippen LogP contribution in [0.5, 0.6) is 5.75 Å². The zero-order valence-corrected chi connectivity index (χ0v) is 15.2. The van der Waals surface area contributed by atoms with Crippen LogP contribution in [-0.2, 0) is 9.59 Å². The molecule has 0 bridgehead atoms. The zero-order chi connectivity index (χ0) is 19.3. The SMILES string of the molecule is CCOc1ccc(NC(=O)CCC(=O)N/N=C/C=C/c2ccccc2)cc1. The Morgan fingerprint density at radius 1 is 1.00 bits per heavy atom. The van der Waals surface area contributed by atoms with Crippen LogP contribution in [0.2, 0.25) is 0 Å². The second-order valence-corrected chi connectivity index (χ2v) is 5.59. The van der Waals surface area contributed by atoms with Crippen molar-refractivity contribution in [1.29, 1.82) is 0 Å². The van der Waals surface area contributed by atoms with E-state index in [0.29, 0.717) is 12.3 Å². The number of benzene rings is 2. The van der Waals surface area contributed by atoms with Crippen LogP contribution < -0.4 is 15.5 Å². The second kappa shape index (κ2) is 11.3. The lowest BCUT2D eigenvalue weighted by Crippen LogP contribution is -2.20. The van der Waals surface area contributed by atoms with E-state index < -0.39 is 0 Å². The fraction of sp³-hybridized carbons (Fsp3) is 0.190. The van der Waals surface area contributed by atoms with Gasteiger partial charge in [-0.2, -0.15) is 5.10 Å². The van der Waals surface area contributed by atoms with Crippen LogP contribution in [0.1, 0.15) is 25.3 Å². The van der Waals surface area contributed by atoms with Crippen LogP contribution in [0.3, 0.4) is 0 Å². The van der Waals surface area contributed by atoms with Gasteiger partial charge in [-0.25, -0.2) is 5.43 Å². The van der Waals surface area contributed by atoms with E-state index in [1.165, 1.54) is 6.21 Å². The molecule has 0 saturated heterocycles. The third kappa shape index (κ3) is 8.00. The molecule has 0 atom stereocenters. The smallest absolute Gasteiger partial charge is 0.240 e. The highest BCUT2D eigenvalue weighted by atomic mass is 16.5. The fourth-order valence-electron chi connectivity index (χ4n) is 2.18. The molecule has 2 N–H and O–H groups in total. The Labute approximate surface area is 158 Å². The molecule has 0 aromatic heterocycles. The molecule has 2 amide bonds. The summed E-state index contributed by atoms with van der Waals surface area (Å²) in [5.74, 6) is 0.192. The van der Waals surface area contributed by atoms with Crippen molar-refractivity contribution in [2.45, 2.75) is 19.8 Å². The summed E-state index contributed by atoms with van der Waals surface area (Å²) in [5, 5.41) is 6.56. The Hall–Kier alpha value is -3.41. The number of carbonyl (C=O) groups is 2. The molecule has 0 unspecified atom stereocenters. The van der Waals surface area contributed by atoms with Crippen LogP contribution >= 0.6 is 0 Å². The van der Waals surface area contributed by atoms with Crippen molar-refractivity contribution in [3.05, 3.63) is 66.2 Å². The first-order valence-corrected chi connectivity index (χ1v) is 8.73. The average molecular weight is 365 g/mol. The molecule has 0 heterocycles. The lowest BCUT2D eigenvalue weighted by Gasteiger charge is -2.06. The average Bonchev–Trinajstić information content (AvgIpc) is 2.69. The van der Waals surface area contributed by atoms with Gasteiger partial charge in [0, 0.05) is 24.7 Å². The minimum atomic E-state index is -0.318. The molecule has 0 aliphatic rings. The van der Waals surface area contributed by atoms with Gasteiger partial charge < -0.3 is 10.1 Å². The summed E-state index contributed by atoms with van der Waals surface area (Å²) in [5.41, 5.74) is 4.10. The highest BCUT2D eigenvalue weighted by Crippen LogP contribution is 2.15. The normalized spacial score (nSPS) is 10.9. The van der Waals surface area contributed by atoms with E-state index in [9.17, 15) is 9.59 Å². The van der Waals surface area contributed by atoms with Crippen LogP contribution in [0.25, 0.3) is 6.08 Å². The summed E-state index contributed by atoms with van der Waals surface area (Å²) < 4.78 is 5.34. The Balaban J connectivity index is 1.66. The minimum Gasteiger partial charge on any atom is -0.494 e. The molecular weight excluding hydrogens is 342 g/mol. The molecule has 0 spiro atoms. The highest BCUT2D eigenvalue weighted by Gasteiger charge is 2.06. The number of amides is 2. The maximum absolute atomic E-state index is 11.9. The van der Waals surface area contributed by atoms with Crippen molar-refractivity contribution in [2.24, 2.45) is 5.10 Å². The van der Waals surface area contributed by atoms with Crippen molar-refractivity contribution in [3.63, 3.8) is 0 Å². The molecule has 0 saturated carbocycles. The third-order valence-electron chi connectivity index (χ3n) is 3.47. The Kier molecular flexibility index (Phi) is 8.30. The summed E-state index contributed by atoms with van der Waals surface area (Å²) in [6.45, 7) is 2.50. The molecule has 140 valence electrons. The molecule has 0 aliphatic heterocycles. The predicted molar refractivity (Wildman–Crippen MR) is 108 cm³/mol. The van der Waals surface area contributed by atoms with Crippen LogP contribution in [0, 0.1) is 0 Å². The molecule has 0 radical (unpaired) electrons. The van der Waals surface area contributed by atoms with Gasteiger partial charge in [-0.1, -0.05) is 36.4 Å². The first-order chi connectivity index (χ1) is 13.2.